The van der Waals surface area contributed by atoms with Crippen LogP contribution >= 0.6 is 0 Å². The molecule has 0 spiro atoms. The zero-order valence-electron chi connectivity index (χ0n) is 11.0. The minimum Gasteiger partial charge on any atom is -0.477 e. The number of nitrogens with zero attached hydrogens (tertiary/aromatic N) is 2. The van der Waals surface area contributed by atoms with Gasteiger partial charge in [-0.3, -0.25) is 4.98 Å². The monoisotopic (exact) mass is 253 g/mol. The molecule has 6 nitrogen and oxygen atoms in total. The second-order valence-electron chi connectivity index (χ2n) is 3.71. The standard InChI is InChI=1S/C12H19N3O3/c1-4-6-18-11-8-13-7-10(15-11)14-9(3)12(16)17-5-2/h7-9H,4-6H2,1-3H3,(H,14,15). The predicted octanol–water partition coefficient (Wildman–Crippen LogP) is 1.63. The topological polar surface area (TPSA) is 73.3 Å². The molecule has 0 bridgehead atoms. The van der Waals surface area contributed by atoms with Gasteiger partial charge >= 0.3 is 5.97 Å². The van der Waals surface area contributed by atoms with E-state index in [1.54, 1.807) is 13.8 Å². The van der Waals surface area contributed by atoms with Crippen molar-refractivity contribution >= 4 is 11.8 Å². The summed E-state index contributed by atoms with van der Waals surface area (Å²) in [6.07, 6.45) is 3.98. The van der Waals surface area contributed by atoms with Crippen molar-refractivity contribution in [3.05, 3.63) is 12.4 Å². The fourth-order valence-electron chi connectivity index (χ4n) is 1.24. The van der Waals surface area contributed by atoms with E-state index in [0.29, 0.717) is 24.9 Å². The van der Waals surface area contributed by atoms with Crippen LogP contribution in [0.3, 0.4) is 0 Å². The Morgan fingerprint density at radius 1 is 1.44 bits per heavy atom. The molecule has 1 aromatic heterocycles. The Hall–Kier alpha value is -1.85. The molecule has 1 unspecified atom stereocenters. The summed E-state index contributed by atoms with van der Waals surface area (Å²) in [5, 5.41) is 2.92. The van der Waals surface area contributed by atoms with E-state index in [9.17, 15) is 4.79 Å². The molecule has 0 fully saturated rings. The summed E-state index contributed by atoms with van der Waals surface area (Å²) in [7, 11) is 0. The second-order valence-corrected chi connectivity index (χ2v) is 3.71. The third-order valence-electron chi connectivity index (χ3n) is 2.07. The number of nitrogens with one attached hydrogen (secondary N) is 1. The molecule has 1 rings (SSSR count). The van der Waals surface area contributed by atoms with E-state index >= 15 is 0 Å². The largest absolute Gasteiger partial charge is 0.477 e. The van der Waals surface area contributed by atoms with Crippen LogP contribution < -0.4 is 10.1 Å². The van der Waals surface area contributed by atoms with Crippen LogP contribution in [0.2, 0.25) is 0 Å². The summed E-state index contributed by atoms with van der Waals surface area (Å²) < 4.78 is 10.2. The lowest BCUT2D eigenvalue weighted by Gasteiger charge is -2.13. The lowest BCUT2D eigenvalue weighted by atomic mass is 10.3. The van der Waals surface area contributed by atoms with Gasteiger partial charge < -0.3 is 14.8 Å². The van der Waals surface area contributed by atoms with E-state index in [-0.39, 0.29) is 5.97 Å². The summed E-state index contributed by atoms with van der Waals surface area (Å²) >= 11 is 0. The van der Waals surface area contributed by atoms with Crippen LogP contribution in [0.1, 0.15) is 27.2 Å². The van der Waals surface area contributed by atoms with Crippen molar-refractivity contribution in [3.63, 3.8) is 0 Å². The van der Waals surface area contributed by atoms with Gasteiger partial charge in [-0.15, -0.1) is 0 Å². The zero-order valence-corrected chi connectivity index (χ0v) is 11.0. The maximum Gasteiger partial charge on any atom is 0.328 e. The number of carbonyl (C=O) groups excluding carboxylic acids is 1. The van der Waals surface area contributed by atoms with Gasteiger partial charge in [0.1, 0.15) is 11.9 Å². The number of ether oxygens (including phenoxy) is 2. The molecule has 0 aliphatic heterocycles. The minimum atomic E-state index is -0.472. The molecule has 1 N–H and O–H groups in total. The van der Waals surface area contributed by atoms with Gasteiger partial charge in [0, 0.05) is 0 Å². The quantitative estimate of drug-likeness (QED) is 0.744. The van der Waals surface area contributed by atoms with Crippen molar-refractivity contribution in [1.82, 2.24) is 9.97 Å². The normalized spacial score (nSPS) is 11.7. The molecule has 18 heavy (non-hydrogen) atoms. The lowest BCUT2D eigenvalue weighted by Crippen LogP contribution is -2.28. The van der Waals surface area contributed by atoms with Crippen LogP contribution in [0.5, 0.6) is 5.88 Å². The first-order chi connectivity index (χ1) is 8.67. The lowest BCUT2D eigenvalue weighted by molar-refractivity contribution is -0.143. The Bertz CT molecular complexity index is 385. The highest BCUT2D eigenvalue weighted by Crippen LogP contribution is 2.10. The van der Waals surface area contributed by atoms with Gasteiger partial charge in [-0.05, 0) is 20.3 Å². The first-order valence-electron chi connectivity index (χ1n) is 6.05. The maximum atomic E-state index is 11.4. The number of rotatable bonds is 7. The number of hydrogen-bond acceptors (Lipinski definition) is 6. The number of anilines is 1. The van der Waals surface area contributed by atoms with Gasteiger partial charge in [0.15, 0.2) is 0 Å². The molecule has 0 saturated heterocycles. The number of hydrogen-bond donors (Lipinski definition) is 1. The molecule has 0 amide bonds. The van der Waals surface area contributed by atoms with Crippen LogP contribution in [0, 0.1) is 0 Å². The fraction of sp³-hybridized carbons (Fsp3) is 0.583. The third kappa shape index (κ3) is 4.57. The number of esters is 1. The highest BCUT2D eigenvalue weighted by molar-refractivity contribution is 5.78. The van der Waals surface area contributed by atoms with Crippen LogP contribution in [0.15, 0.2) is 12.4 Å². The van der Waals surface area contributed by atoms with Crippen molar-refractivity contribution in [3.8, 4) is 5.88 Å². The Morgan fingerprint density at radius 2 is 2.22 bits per heavy atom. The van der Waals surface area contributed by atoms with Crippen molar-refractivity contribution in [2.24, 2.45) is 0 Å². The van der Waals surface area contributed by atoms with Gasteiger partial charge in [-0.2, -0.15) is 4.98 Å². The molecule has 1 atom stereocenters. The molecular formula is C12H19N3O3. The Labute approximate surface area is 107 Å². The van der Waals surface area contributed by atoms with Gasteiger partial charge in [-0.1, -0.05) is 6.92 Å². The molecule has 100 valence electrons. The third-order valence-corrected chi connectivity index (χ3v) is 2.07. The summed E-state index contributed by atoms with van der Waals surface area (Å²) in [5.41, 5.74) is 0. The molecular weight excluding hydrogens is 234 g/mol. The van der Waals surface area contributed by atoms with E-state index in [1.807, 2.05) is 6.92 Å². The van der Waals surface area contributed by atoms with Gasteiger partial charge in [0.05, 0.1) is 25.6 Å². The molecule has 0 aliphatic rings. The maximum absolute atomic E-state index is 11.4. The van der Waals surface area contributed by atoms with Crippen LogP contribution in [-0.4, -0.2) is 35.2 Å². The summed E-state index contributed by atoms with van der Waals surface area (Å²) in [6.45, 7) is 6.43. The zero-order chi connectivity index (χ0) is 13.4. The summed E-state index contributed by atoms with van der Waals surface area (Å²) in [6, 6.07) is -0.472. The van der Waals surface area contributed by atoms with E-state index in [4.69, 9.17) is 9.47 Å². The first kappa shape index (κ1) is 14.2. The molecule has 0 saturated carbocycles. The van der Waals surface area contributed by atoms with Gasteiger partial charge in [0.25, 0.3) is 0 Å². The molecule has 6 heteroatoms. The average molecular weight is 253 g/mol. The number of aromatic nitrogens is 2. The van der Waals surface area contributed by atoms with E-state index in [2.05, 4.69) is 15.3 Å². The molecule has 0 aliphatic carbocycles. The molecule has 0 radical (unpaired) electrons. The Kier molecular flexibility index (Phi) is 5.90. The summed E-state index contributed by atoms with van der Waals surface area (Å²) in [4.78, 5) is 19.6. The Morgan fingerprint density at radius 3 is 2.89 bits per heavy atom. The van der Waals surface area contributed by atoms with Gasteiger partial charge in [-0.25, -0.2) is 4.79 Å². The van der Waals surface area contributed by atoms with Crippen LogP contribution in [0.25, 0.3) is 0 Å². The second kappa shape index (κ2) is 7.47. The van der Waals surface area contributed by atoms with Crippen molar-refractivity contribution in [1.29, 1.82) is 0 Å². The molecule has 1 aromatic rings. The van der Waals surface area contributed by atoms with Gasteiger partial charge in [0.2, 0.25) is 5.88 Å². The van der Waals surface area contributed by atoms with Crippen molar-refractivity contribution in [2.75, 3.05) is 18.5 Å². The highest BCUT2D eigenvalue weighted by atomic mass is 16.5. The fourth-order valence-corrected chi connectivity index (χ4v) is 1.24. The summed E-state index contributed by atoms with van der Waals surface area (Å²) in [5.74, 6) is 0.612. The number of carbonyl (C=O) groups is 1. The predicted molar refractivity (Wildman–Crippen MR) is 67.5 cm³/mol. The molecule has 1 heterocycles. The van der Waals surface area contributed by atoms with Crippen molar-refractivity contribution < 1.29 is 14.3 Å². The smallest absolute Gasteiger partial charge is 0.328 e. The van der Waals surface area contributed by atoms with Crippen LogP contribution in [-0.2, 0) is 9.53 Å². The average Bonchev–Trinajstić information content (AvgIpc) is 2.37. The van der Waals surface area contributed by atoms with E-state index in [1.165, 1.54) is 12.4 Å². The van der Waals surface area contributed by atoms with E-state index < -0.39 is 6.04 Å². The van der Waals surface area contributed by atoms with Crippen LogP contribution in [0.4, 0.5) is 5.82 Å². The SMILES string of the molecule is CCCOc1cncc(NC(C)C(=O)OCC)n1. The first-order valence-corrected chi connectivity index (χ1v) is 6.05. The minimum absolute atomic E-state index is 0.320. The Balaban J connectivity index is 2.58. The van der Waals surface area contributed by atoms with E-state index in [0.717, 1.165) is 6.42 Å². The van der Waals surface area contributed by atoms with Crippen molar-refractivity contribution in [2.45, 2.75) is 33.2 Å². The molecule has 0 aromatic carbocycles. The highest BCUT2D eigenvalue weighted by Gasteiger charge is 2.14.